The van der Waals surface area contributed by atoms with Crippen molar-refractivity contribution < 1.29 is 19.4 Å². The first-order valence-electron chi connectivity index (χ1n) is 10.8. The van der Waals surface area contributed by atoms with Crippen LogP contribution in [0.3, 0.4) is 0 Å². The van der Waals surface area contributed by atoms with Crippen LogP contribution in [-0.2, 0) is 9.59 Å². The van der Waals surface area contributed by atoms with Crippen molar-refractivity contribution in [2.45, 2.75) is 57.9 Å². The highest BCUT2D eigenvalue weighted by Gasteiger charge is 2.50. The Labute approximate surface area is 166 Å². The van der Waals surface area contributed by atoms with E-state index in [4.69, 9.17) is 4.74 Å². The van der Waals surface area contributed by atoms with Crippen molar-refractivity contribution in [3.05, 3.63) is 29.8 Å². The first kappa shape index (κ1) is 19.3. The van der Waals surface area contributed by atoms with Crippen LogP contribution in [-0.4, -0.2) is 23.6 Å². The number of carboxylic acid groups (broad SMARTS) is 1. The first-order chi connectivity index (χ1) is 13.5. The molecular formula is C23H31NO4. The zero-order valence-corrected chi connectivity index (χ0v) is 16.6. The van der Waals surface area contributed by atoms with Crippen LogP contribution in [0, 0.1) is 29.6 Å². The number of hydrogen-bond donors (Lipinski definition) is 2. The number of ether oxygens (including phenoxy) is 1. The van der Waals surface area contributed by atoms with E-state index in [9.17, 15) is 14.7 Å². The number of rotatable bonds is 8. The van der Waals surface area contributed by atoms with E-state index < -0.39 is 12.0 Å². The fourth-order valence-corrected chi connectivity index (χ4v) is 6.06. The second-order valence-corrected chi connectivity index (χ2v) is 9.03. The molecule has 0 spiro atoms. The van der Waals surface area contributed by atoms with Gasteiger partial charge in [-0.3, -0.25) is 9.59 Å². The van der Waals surface area contributed by atoms with E-state index in [1.54, 1.807) is 0 Å². The van der Waals surface area contributed by atoms with Gasteiger partial charge in [-0.2, -0.15) is 0 Å². The van der Waals surface area contributed by atoms with Gasteiger partial charge in [0.1, 0.15) is 5.75 Å². The summed E-state index contributed by atoms with van der Waals surface area (Å²) in [6.07, 6.45) is 6.90. The molecule has 4 aliphatic carbocycles. The summed E-state index contributed by atoms with van der Waals surface area (Å²) in [5.41, 5.74) is 0.823. The lowest BCUT2D eigenvalue weighted by atomic mass is 9.51. The van der Waals surface area contributed by atoms with Crippen LogP contribution in [0.25, 0.3) is 0 Å². The van der Waals surface area contributed by atoms with Gasteiger partial charge in [-0.1, -0.05) is 19.1 Å². The fraction of sp³-hybridized carbons (Fsp3) is 0.652. The monoisotopic (exact) mass is 385 g/mol. The van der Waals surface area contributed by atoms with Crippen molar-refractivity contribution >= 4 is 11.9 Å². The van der Waals surface area contributed by atoms with Gasteiger partial charge in [0.2, 0.25) is 5.91 Å². The lowest BCUT2D eigenvalue weighted by Crippen LogP contribution is -2.51. The Morgan fingerprint density at radius 2 is 1.68 bits per heavy atom. The molecule has 0 aliphatic heterocycles. The smallest absolute Gasteiger partial charge is 0.305 e. The minimum atomic E-state index is -0.901. The van der Waals surface area contributed by atoms with Crippen LogP contribution in [0.5, 0.6) is 5.75 Å². The Balaban J connectivity index is 1.46. The van der Waals surface area contributed by atoms with E-state index in [0.717, 1.165) is 29.6 Å². The van der Waals surface area contributed by atoms with E-state index in [-0.39, 0.29) is 18.2 Å². The molecule has 0 saturated heterocycles. The topological polar surface area (TPSA) is 75.6 Å². The van der Waals surface area contributed by atoms with Crippen molar-refractivity contribution in [2.75, 3.05) is 6.61 Å². The highest BCUT2D eigenvalue weighted by atomic mass is 16.5. The third kappa shape index (κ3) is 4.03. The Morgan fingerprint density at radius 3 is 2.21 bits per heavy atom. The van der Waals surface area contributed by atoms with Crippen molar-refractivity contribution in [3.63, 3.8) is 0 Å². The maximum atomic E-state index is 13.2. The highest BCUT2D eigenvalue weighted by Crippen LogP contribution is 2.56. The summed E-state index contributed by atoms with van der Waals surface area (Å²) in [5, 5.41) is 12.5. The van der Waals surface area contributed by atoms with E-state index in [2.05, 4.69) is 12.2 Å². The zero-order valence-electron chi connectivity index (χ0n) is 16.6. The van der Waals surface area contributed by atoms with Gasteiger partial charge in [0, 0.05) is 5.92 Å². The summed E-state index contributed by atoms with van der Waals surface area (Å²) in [6, 6.07) is 6.96. The van der Waals surface area contributed by atoms with E-state index in [0.29, 0.717) is 18.4 Å². The zero-order chi connectivity index (χ0) is 19.7. The third-order valence-corrected chi connectivity index (χ3v) is 6.98. The Hall–Kier alpha value is -2.04. The molecule has 5 heteroatoms. The van der Waals surface area contributed by atoms with Crippen LogP contribution >= 0.6 is 0 Å². The number of nitrogens with one attached hydrogen (secondary N) is 1. The second kappa shape index (κ2) is 8.14. The van der Waals surface area contributed by atoms with Crippen molar-refractivity contribution in [1.29, 1.82) is 0 Å². The van der Waals surface area contributed by atoms with Gasteiger partial charge < -0.3 is 15.2 Å². The van der Waals surface area contributed by atoms with Crippen molar-refractivity contribution in [1.82, 2.24) is 5.32 Å². The van der Waals surface area contributed by atoms with Gasteiger partial charge >= 0.3 is 5.97 Å². The number of benzene rings is 1. The molecule has 152 valence electrons. The molecule has 5 nitrogen and oxygen atoms in total. The minimum Gasteiger partial charge on any atom is -0.494 e. The predicted octanol–water partition coefficient (Wildman–Crippen LogP) is 4.18. The Morgan fingerprint density at radius 1 is 1.07 bits per heavy atom. The van der Waals surface area contributed by atoms with Crippen LogP contribution < -0.4 is 10.1 Å². The molecule has 0 aromatic heterocycles. The Kier molecular flexibility index (Phi) is 5.61. The number of amides is 1. The van der Waals surface area contributed by atoms with E-state index >= 15 is 0 Å². The number of carbonyl (C=O) groups excluding carboxylic acids is 1. The number of carbonyl (C=O) groups is 2. The molecule has 4 aliphatic rings. The molecule has 0 unspecified atom stereocenters. The summed E-state index contributed by atoms with van der Waals surface area (Å²) in [4.78, 5) is 24.6. The molecule has 0 radical (unpaired) electrons. The lowest BCUT2D eigenvalue weighted by molar-refractivity contribution is -0.140. The number of hydrogen-bond acceptors (Lipinski definition) is 3. The average molecular weight is 386 g/mol. The summed E-state index contributed by atoms with van der Waals surface area (Å²) in [6.45, 7) is 2.71. The molecule has 1 amide bonds. The standard InChI is InChI=1S/C23H31NO4/c1-2-7-28-19-5-3-16(4-6-19)20(13-21(25)26)24-23(27)22-17-9-14-8-15(11-17)12-18(22)10-14/h3-6,14-15,17-18,20,22H,2,7-13H2,1H3,(H,24,27)(H,25,26)/t14?,15?,17?,18?,20-,22?/m0/s1. The SMILES string of the molecule is CCCOc1ccc([C@H](CC(=O)O)NC(=O)C2C3CC4CC(C3)CC2C4)cc1. The van der Waals surface area contributed by atoms with Crippen LogP contribution in [0.2, 0.25) is 0 Å². The van der Waals surface area contributed by atoms with Gasteiger partial charge in [-0.15, -0.1) is 0 Å². The molecular weight excluding hydrogens is 354 g/mol. The molecule has 28 heavy (non-hydrogen) atoms. The highest BCUT2D eigenvalue weighted by molar-refractivity contribution is 5.81. The molecule has 4 saturated carbocycles. The van der Waals surface area contributed by atoms with Crippen molar-refractivity contribution in [3.8, 4) is 5.75 Å². The maximum absolute atomic E-state index is 13.2. The van der Waals surface area contributed by atoms with Gasteiger partial charge in [0.25, 0.3) is 0 Å². The lowest BCUT2D eigenvalue weighted by Gasteiger charge is -2.53. The quantitative estimate of drug-likeness (QED) is 0.704. The fourth-order valence-electron chi connectivity index (χ4n) is 6.06. The summed E-state index contributed by atoms with van der Waals surface area (Å²) in [7, 11) is 0. The maximum Gasteiger partial charge on any atom is 0.305 e. The average Bonchev–Trinajstić information content (AvgIpc) is 2.65. The van der Waals surface area contributed by atoms with Crippen LogP contribution in [0.1, 0.15) is 63.5 Å². The second-order valence-electron chi connectivity index (χ2n) is 9.03. The van der Waals surface area contributed by atoms with Crippen molar-refractivity contribution in [2.24, 2.45) is 29.6 Å². The predicted molar refractivity (Wildman–Crippen MR) is 106 cm³/mol. The largest absolute Gasteiger partial charge is 0.494 e. The van der Waals surface area contributed by atoms with Gasteiger partial charge in [0.15, 0.2) is 0 Å². The molecule has 1 aromatic rings. The minimum absolute atomic E-state index is 0.0614. The van der Waals surface area contributed by atoms with E-state index in [1.165, 1.54) is 32.1 Å². The van der Waals surface area contributed by atoms with Gasteiger partial charge in [-0.25, -0.2) is 0 Å². The summed E-state index contributed by atoms with van der Waals surface area (Å²) >= 11 is 0. The molecule has 4 bridgehead atoms. The van der Waals surface area contributed by atoms with Gasteiger partial charge in [0.05, 0.1) is 19.1 Å². The molecule has 5 rings (SSSR count). The summed E-state index contributed by atoms with van der Waals surface area (Å²) < 4.78 is 5.61. The number of carboxylic acids is 1. The normalized spacial score (nSPS) is 31.4. The molecule has 1 aromatic carbocycles. The molecule has 2 N–H and O–H groups in total. The van der Waals surface area contributed by atoms with E-state index in [1.807, 2.05) is 24.3 Å². The molecule has 1 atom stereocenters. The Bertz CT molecular complexity index is 686. The molecule has 4 fully saturated rings. The number of aliphatic carboxylic acids is 1. The van der Waals surface area contributed by atoms with Gasteiger partial charge in [-0.05, 0) is 79.9 Å². The first-order valence-corrected chi connectivity index (χ1v) is 10.8. The van der Waals surface area contributed by atoms with Crippen LogP contribution in [0.15, 0.2) is 24.3 Å². The van der Waals surface area contributed by atoms with Crippen LogP contribution in [0.4, 0.5) is 0 Å². The molecule has 0 heterocycles. The third-order valence-electron chi connectivity index (χ3n) is 6.98. The summed E-state index contributed by atoms with van der Waals surface area (Å²) in [5.74, 6) is 2.61.